The van der Waals surface area contributed by atoms with Crippen molar-refractivity contribution in [3.05, 3.63) is 34.0 Å². The molecule has 0 radical (unpaired) electrons. The summed E-state index contributed by atoms with van der Waals surface area (Å²) in [7, 11) is 3.41. The van der Waals surface area contributed by atoms with Gasteiger partial charge < -0.3 is 20.6 Å². The van der Waals surface area contributed by atoms with Gasteiger partial charge in [0.1, 0.15) is 6.04 Å². The van der Waals surface area contributed by atoms with Crippen LogP contribution in [0.1, 0.15) is 60.3 Å². The zero-order valence-corrected chi connectivity index (χ0v) is 22.5. The second kappa shape index (κ2) is 11.3. The number of carboxylic acid groups (broad SMARTS) is 1. The molecule has 0 aliphatic carbocycles. The van der Waals surface area contributed by atoms with Gasteiger partial charge >= 0.3 is 5.97 Å². The fourth-order valence-electron chi connectivity index (χ4n) is 3.91. The second-order valence-electron chi connectivity index (χ2n) is 10.6. The number of hydrogen-bond acceptors (Lipinski definition) is 5. The van der Waals surface area contributed by atoms with E-state index >= 15 is 0 Å². The van der Waals surface area contributed by atoms with Gasteiger partial charge in [0.25, 0.3) is 0 Å². The van der Waals surface area contributed by atoms with Crippen LogP contribution in [0.3, 0.4) is 0 Å². The standard InChI is InChI=1S/C25H41N3O4S/c1-15(2)17(14-16(3)23(31)32)28(10)22(30)20(24(4,5)6)27-21(29)19(26-9)25(7,8)18-12-11-13-33-18/h11-15,17,19-20,26H,1-10H3,(H,27,29)(H,31,32)/b16-14+/t17-,19-,20?/m1/s1. The minimum atomic E-state index is -1.02. The number of likely N-dealkylation sites (N-methyl/N-ethyl adjacent to an activating group) is 2. The third-order valence-electron chi connectivity index (χ3n) is 6.06. The number of thiophene rings is 1. The van der Waals surface area contributed by atoms with Crippen molar-refractivity contribution in [2.24, 2.45) is 11.3 Å². The van der Waals surface area contributed by atoms with Gasteiger partial charge in [-0.05, 0) is 36.8 Å². The normalized spacial score (nSPS) is 15.7. The number of nitrogens with zero attached hydrogens (tertiary/aromatic N) is 1. The van der Waals surface area contributed by atoms with Gasteiger partial charge in [0.15, 0.2) is 0 Å². The summed E-state index contributed by atoms with van der Waals surface area (Å²) in [5.41, 5.74) is -0.858. The number of hydrogen-bond donors (Lipinski definition) is 3. The SMILES string of the molecule is CN[C@H](C(=O)NC(C(=O)N(C)[C@H](/C=C(\C)C(=O)O)C(C)C)C(C)(C)C)C(C)(C)c1cccs1. The maximum Gasteiger partial charge on any atom is 0.331 e. The Labute approximate surface area is 202 Å². The van der Waals surface area contributed by atoms with Gasteiger partial charge in [-0.25, -0.2) is 4.79 Å². The molecule has 0 aliphatic heterocycles. The van der Waals surface area contributed by atoms with Crippen LogP contribution in [0.4, 0.5) is 0 Å². The molecule has 1 aromatic rings. The molecule has 0 fully saturated rings. The van der Waals surface area contributed by atoms with Gasteiger partial charge in [0.05, 0.1) is 12.1 Å². The Bertz CT molecular complexity index is 854. The highest BCUT2D eigenvalue weighted by atomic mass is 32.1. The molecule has 1 aromatic heterocycles. The third kappa shape index (κ3) is 7.14. The van der Waals surface area contributed by atoms with Crippen LogP contribution >= 0.6 is 11.3 Å². The van der Waals surface area contributed by atoms with E-state index < -0.39 is 34.9 Å². The van der Waals surface area contributed by atoms with E-state index in [0.29, 0.717) is 0 Å². The van der Waals surface area contributed by atoms with Crippen LogP contribution in [0.15, 0.2) is 29.2 Å². The van der Waals surface area contributed by atoms with Crippen molar-refractivity contribution in [2.75, 3.05) is 14.1 Å². The topological polar surface area (TPSA) is 98.7 Å². The third-order valence-corrected chi connectivity index (χ3v) is 7.27. The van der Waals surface area contributed by atoms with E-state index in [1.165, 1.54) is 6.92 Å². The molecule has 1 rings (SSSR count). The van der Waals surface area contributed by atoms with Crippen LogP contribution in [0.2, 0.25) is 0 Å². The van der Waals surface area contributed by atoms with Crippen molar-refractivity contribution in [1.29, 1.82) is 0 Å². The fraction of sp³-hybridized carbons (Fsp3) is 0.640. The van der Waals surface area contributed by atoms with Crippen molar-refractivity contribution in [1.82, 2.24) is 15.5 Å². The predicted molar refractivity (Wildman–Crippen MR) is 134 cm³/mol. The molecule has 0 aromatic carbocycles. The van der Waals surface area contributed by atoms with Crippen molar-refractivity contribution < 1.29 is 19.5 Å². The Kier molecular flexibility index (Phi) is 9.87. The Morgan fingerprint density at radius 3 is 2.09 bits per heavy atom. The first-order valence-corrected chi connectivity index (χ1v) is 12.1. The van der Waals surface area contributed by atoms with E-state index in [1.54, 1.807) is 36.4 Å². The van der Waals surface area contributed by atoms with Crippen LogP contribution in [0.25, 0.3) is 0 Å². The molecule has 1 heterocycles. The Morgan fingerprint density at radius 2 is 1.70 bits per heavy atom. The lowest BCUT2D eigenvalue weighted by Gasteiger charge is -2.39. The zero-order chi connectivity index (χ0) is 25.7. The van der Waals surface area contributed by atoms with E-state index in [9.17, 15) is 19.5 Å². The molecule has 186 valence electrons. The minimum absolute atomic E-state index is 0.00705. The summed E-state index contributed by atoms with van der Waals surface area (Å²) in [6, 6.07) is 2.21. The molecular weight excluding hydrogens is 438 g/mol. The number of carbonyl (C=O) groups is 3. The Balaban J connectivity index is 3.26. The molecule has 0 saturated carbocycles. The number of carboxylic acids is 1. The molecule has 0 bridgehead atoms. The highest BCUT2D eigenvalue weighted by Gasteiger charge is 2.42. The Hall–Kier alpha value is -2.19. The van der Waals surface area contributed by atoms with Gasteiger partial charge in [0, 0.05) is 22.9 Å². The van der Waals surface area contributed by atoms with Gasteiger partial charge in [-0.15, -0.1) is 11.3 Å². The number of carbonyl (C=O) groups excluding carboxylic acids is 2. The molecule has 7 nitrogen and oxygen atoms in total. The molecule has 33 heavy (non-hydrogen) atoms. The van der Waals surface area contributed by atoms with Crippen LogP contribution in [-0.2, 0) is 19.8 Å². The molecule has 3 N–H and O–H groups in total. The monoisotopic (exact) mass is 479 g/mol. The van der Waals surface area contributed by atoms with Crippen LogP contribution in [0, 0.1) is 11.3 Å². The van der Waals surface area contributed by atoms with Gasteiger partial charge in [0.2, 0.25) is 11.8 Å². The number of nitrogens with one attached hydrogen (secondary N) is 2. The lowest BCUT2D eigenvalue weighted by atomic mass is 9.80. The average molecular weight is 480 g/mol. The maximum atomic E-state index is 13.6. The zero-order valence-electron chi connectivity index (χ0n) is 21.6. The number of rotatable bonds is 10. The minimum Gasteiger partial charge on any atom is -0.478 e. The summed E-state index contributed by atoms with van der Waals surface area (Å²) < 4.78 is 0. The van der Waals surface area contributed by atoms with E-state index in [1.807, 2.05) is 66.0 Å². The summed E-state index contributed by atoms with van der Waals surface area (Å²) in [4.78, 5) is 41.0. The predicted octanol–water partition coefficient (Wildman–Crippen LogP) is 3.66. The molecule has 8 heteroatoms. The van der Waals surface area contributed by atoms with Crippen molar-refractivity contribution >= 4 is 29.1 Å². The maximum absolute atomic E-state index is 13.6. The number of amides is 2. The molecule has 0 saturated heterocycles. The molecule has 0 spiro atoms. The van der Waals surface area contributed by atoms with Crippen molar-refractivity contribution in [3.63, 3.8) is 0 Å². The molecule has 3 atom stereocenters. The van der Waals surface area contributed by atoms with Gasteiger partial charge in [-0.1, -0.05) is 60.6 Å². The lowest BCUT2D eigenvalue weighted by Crippen LogP contribution is -2.61. The number of aliphatic carboxylic acids is 1. The van der Waals surface area contributed by atoms with Crippen molar-refractivity contribution in [3.8, 4) is 0 Å². The Morgan fingerprint density at radius 1 is 1.12 bits per heavy atom. The average Bonchev–Trinajstić information content (AvgIpc) is 3.23. The summed E-state index contributed by atoms with van der Waals surface area (Å²) >= 11 is 1.59. The highest BCUT2D eigenvalue weighted by Crippen LogP contribution is 2.32. The van der Waals surface area contributed by atoms with Crippen LogP contribution < -0.4 is 10.6 Å². The first kappa shape index (κ1) is 28.8. The van der Waals surface area contributed by atoms with E-state index in [-0.39, 0.29) is 23.3 Å². The van der Waals surface area contributed by atoms with Crippen molar-refractivity contribution in [2.45, 2.75) is 78.9 Å². The highest BCUT2D eigenvalue weighted by molar-refractivity contribution is 7.10. The molecule has 0 aliphatic rings. The van der Waals surface area contributed by atoms with Crippen LogP contribution in [-0.4, -0.2) is 60.0 Å². The lowest BCUT2D eigenvalue weighted by molar-refractivity contribution is -0.141. The summed E-state index contributed by atoms with van der Waals surface area (Å²) in [6.45, 7) is 15.1. The second-order valence-corrected chi connectivity index (χ2v) is 11.5. The van der Waals surface area contributed by atoms with E-state index in [0.717, 1.165) is 4.88 Å². The largest absolute Gasteiger partial charge is 0.478 e. The summed E-state index contributed by atoms with van der Waals surface area (Å²) in [6.07, 6.45) is 1.60. The first-order valence-electron chi connectivity index (χ1n) is 11.3. The smallest absolute Gasteiger partial charge is 0.331 e. The van der Waals surface area contributed by atoms with Crippen LogP contribution in [0.5, 0.6) is 0 Å². The summed E-state index contributed by atoms with van der Waals surface area (Å²) in [5.74, 6) is -1.54. The van der Waals surface area contributed by atoms with E-state index in [2.05, 4.69) is 10.6 Å². The van der Waals surface area contributed by atoms with Gasteiger partial charge in [-0.2, -0.15) is 0 Å². The molecular formula is C25H41N3O4S. The molecule has 2 amide bonds. The first-order chi connectivity index (χ1) is 15.0. The van der Waals surface area contributed by atoms with Gasteiger partial charge in [-0.3, -0.25) is 9.59 Å². The fourth-order valence-corrected chi connectivity index (χ4v) is 4.79. The summed E-state index contributed by atoms with van der Waals surface area (Å²) in [5, 5.41) is 17.4. The molecule has 1 unspecified atom stereocenters. The quantitative estimate of drug-likeness (QED) is 0.445. The van der Waals surface area contributed by atoms with E-state index in [4.69, 9.17) is 0 Å².